The van der Waals surface area contributed by atoms with Crippen LogP contribution in [0.1, 0.15) is 38.3 Å². The monoisotopic (exact) mass is 496 g/mol. The summed E-state index contributed by atoms with van der Waals surface area (Å²) >= 11 is 0. The molecule has 0 saturated carbocycles. The van der Waals surface area contributed by atoms with Gasteiger partial charge in [-0.15, -0.1) is 0 Å². The Kier molecular flexibility index (Phi) is 8.88. The highest BCUT2D eigenvalue weighted by molar-refractivity contribution is 5.96. The van der Waals surface area contributed by atoms with Crippen LogP contribution in [-0.4, -0.2) is 48.8 Å². The number of hydrazine groups is 1. The first-order valence-corrected chi connectivity index (χ1v) is 11.8. The maximum atomic E-state index is 12.7. The SMILES string of the molecule is CC(C)(C)OC(=O)N[C@H](Cc1ccccc1)C(=O)NNC(=O)OCC(=O)N1CCCc2ccccc21. The zero-order valence-electron chi connectivity index (χ0n) is 20.7. The Bertz CT molecular complexity index is 1080. The fourth-order valence-electron chi connectivity index (χ4n) is 3.74. The lowest BCUT2D eigenvalue weighted by atomic mass is 10.0. The van der Waals surface area contributed by atoms with E-state index in [-0.39, 0.29) is 12.3 Å². The summed E-state index contributed by atoms with van der Waals surface area (Å²) in [5.41, 5.74) is 6.28. The number of fused-ring (bicyclic) bond motifs is 1. The lowest BCUT2D eigenvalue weighted by Crippen LogP contribution is -2.54. The summed E-state index contributed by atoms with van der Waals surface area (Å²) in [6, 6.07) is 15.6. The Labute approximate surface area is 210 Å². The second kappa shape index (κ2) is 12.1. The molecule has 1 aliphatic heterocycles. The predicted octanol–water partition coefficient (Wildman–Crippen LogP) is 2.86. The van der Waals surface area contributed by atoms with Crippen molar-refractivity contribution in [1.29, 1.82) is 0 Å². The normalized spacial score (nSPS) is 13.6. The number of hydrogen-bond acceptors (Lipinski definition) is 6. The molecule has 10 heteroatoms. The van der Waals surface area contributed by atoms with Crippen LogP contribution in [-0.2, 0) is 31.9 Å². The van der Waals surface area contributed by atoms with Gasteiger partial charge in [0.1, 0.15) is 11.6 Å². The Balaban J connectivity index is 1.52. The van der Waals surface area contributed by atoms with Crippen LogP contribution in [0.25, 0.3) is 0 Å². The molecule has 4 amide bonds. The van der Waals surface area contributed by atoms with Crippen molar-refractivity contribution in [2.45, 2.75) is 51.7 Å². The van der Waals surface area contributed by atoms with Gasteiger partial charge < -0.3 is 19.7 Å². The maximum Gasteiger partial charge on any atom is 0.426 e. The van der Waals surface area contributed by atoms with Crippen LogP contribution in [0, 0.1) is 0 Å². The van der Waals surface area contributed by atoms with Crippen LogP contribution < -0.4 is 21.1 Å². The molecule has 10 nitrogen and oxygen atoms in total. The molecule has 0 unspecified atom stereocenters. The van der Waals surface area contributed by atoms with E-state index in [1.54, 1.807) is 25.7 Å². The number of amides is 4. The Morgan fingerprint density at radius 3 is 2.36 bits per heavy atom. The minimum absolute atomic E-state index is 0.162. The molecule has 0 saturated heterocycles. The van der Waals surface area contributed by atoms with E-state index in [2.05, 4.69) is 16.2 Å². The lowest BCUT2D eigenvalue weighted by Gasteiger charge is -2.29. The van der Waals surface area contributed by atoms with E-state index >= 15 is 0 Å². The van der Waals surface area contributed by atoms with Crippen molar-refractivity contribution in [1.82, 2.24) is 16.2 Å². The highest BCUT2D eigenvalue weighted by Crippen LogP contribution is 2.26. The fourth-order valence-corrected chi connectivity index (χ4v) is 3.74. The minimum Gasteiger partial charge on any atom is -0.444 e. The van der Waals surface area contributed by atoms with Crippen LogP contribution >= 0.6 is 0 Å². The average Bonchev–Trinajstić information content (AvgIpc) is 2.84. The second-order valence-electron chi connectivity index (χ2n) is 9.36. The molecule has 1 aliphatic rings. The summed E-state index contributed by atoms with van der Waals surface area (Å²) in [5.74, 6) is -1.05. The van der Waals surface area contributed by atoms with E-state index in [1.165, 1.54) is 0 Å². The van der Waals surface area contributed by atoms with Gasteiger partial charge in [0.15, 0.2) is 6.61 Å². The number of anilines is 1. The molecule has 3 rings (SSSR count). The summed E-state index contributed by atoms with van der Waals surface area (Å²) in [7, 11) is 0. The summed E-state index contributed by atoms with van der Waals surface area (Å²) in [6.45, 7) is 5.18. The van der Waals surface area contributed by atoms with Crippen molar-refractivity contribution in [2.75, 3.05) is 18.1 Å². The van der Waals surface area contributed by atoms with Gasteiger partial charge in [0.2, 0.25) is 0 Å². The van der Waals surface area contributed by atoms with Crippen molar-refractivity contribution in [3.8, 4) is 0 Å². The highest BCUT2D eigenvalue weighted by atomic mass is 16.6. The highest BCUT2D eigenvalue weighted by Gasteiger charge is 2.26. The molecule has 0 bridgehead atoms. The van der Waals surface area contributed by atoms with Crippen molar-refractivity contribution >= 4 is 29.7 Å². The second-order valence-corrected chi connectivity index (χ2v) is 9.36. The maximum absolute atomic E-state index is 12.7. The van der Waals surface area contributed by atoms with Gasteiger partial charge in [-0.3, -0.25) is 15.0 Å². The first-order chi connectivity index (χ1) is 17.1. The van der Waals surface area contributed by atoms with E-state index in [0.29, 0.717) is 6.54 Å². The quantitative estimate of drug-likeness (QED) is 0.528. The number of nitrogens with one attached hydrogen (secondary N) is 3. The molecule has 1 heterocycles. The van der Waals surface area contributed by atoms with E-state index in [4.69, 9.17) is 9.47 Å². The molecule has 2 aromatic rings. The number of nitrogens with zero attached hydrogens (tertiary/aromatic N) is 1. The van der Waals surface area contributed by atoms with Gasteiger partial charge in [0.25, 0.3) is 11.8 Å². The molecule has 2 aromatic carbocycles. The lowest BCUT2D eigenvalue weighted by molar-refractivity contribution is -0.124. The van der Waals surface area contributed by atoms with Gasteiger partial charge in [-0.2, -0.15) is 0 Å². The Hall–Kier alpha value is -4.08. The van der Waals surface area contributed by atoms with Crippen LogP contribution in [0.15, 0.2) is 54.6 Å². The van der Waals surface area contributed by atoms with Crippen molar-refractivity contribution in [3.05, 3.63) is 65.7 Å². The third kappa shape index (κ3) is 8.00. The Morgan fingerprint density at radius 1 is 0.944 bits per heavy atom. The molecule has 3 N–H and O–H groups in total. The van der Waals surface area contributed by atoms with Crippen molar-refractivity contribution in [3.63, 3.8) is 0 Å². The number of benzene rings is 2. The van der Waals surface area contributed by atoms with Crippen molar-refractivity contribution < 1.29 is 28.7 Å². The van der Waals surface area contributed by atoms with Gasteiger partial charge in [-0.05, 0) is 50.8 Å². The van der Waals surface area contributed by atoms with Crippen LogP contribution in [0.4, 0.5) is 15.3 Å². The predicted molar refractivity (Wildman–Crippen MR) is 133 cm³/mol. The number of alkyl carbamates (subject to hydrolysis) is 1. The van der Waals surface area contributed by atoms with Gasteiger partial charge >= 0.3 is 12.2 Å². The first kappa shape index (κ1) is 26.5. The van der Waals surface area contributed by atoms with E-state index in [1.807, 2.05) is 54.6 Å². The standard InChI is InChI=1S/C26H32N4O6/c1-26(2,3)36-24(33)27-20(16-18-10-5-4-6-11-18)23(32)28-29-25(34)35-17-22(31)30-15-9-13-19-12-7-8-14-21(19)30/h4-8,10-12,14,20H,9,13,15-17H2,1-3H3,(H,27,33)(H,28,32)(H,29,34)/t20-/m1/s1. The molecule has 1 atom stereocenters. The van der Waals surface area contributed by atoms with Gasteiger partial charge in [0, 0.05) is 18.7 Å². The summed E-state index contributed by atoms with van der Waals surface area (Å²) in [4.78, 5) is 51.4. The number of aryl methyl sites for hydroxylation is 1. The third-order valence-corrected chi connectivity index (χ3v) is 5.32. The fraction of sp³-hybridized carbons (Fsp3) is 0.385. The van der Waals surface area contributed by atoms with Crippen molar-refractivity contribution in [2.24, 2.45) is 0 Å². The molecule has 0 aliphatic carbocycles. The number of carbonyl (C=O) groups excluding carboxylic acids is 4. The van der Waals surface area contributed by atoms with E-state index in [0.717, 1.165) is 29.7 Å². The molecule has 0 aromatic heterocycles. The molecular weight excluding hydrogens is 464 g/mol. The number of ether oxygens (including phenoxy) is 2. The van der Waals surface area contributed by atoms with E-state index < -0.39 is 36.3 Å². The van der Waals surface area contributed by atoms with Crippen LogP contribution in [0.2, 0.25) is 0 Å². The zero-order valence-corrected chi connectivity index (χ0v) is 20.7. The molecular formula is C26H32N4O6. The van der Waals surface area contributed by atoms with Crippen LogP contribution in [0.5, 0.6) is 0 Å². The topological polar surface area (TPSA) is 126 Å². The van der Waals surface area contributed by atoms with Gasteiger partial charge in [-0.25, -0.2) is 15.0 Å². The molecule has 192 valence electrons. The summed E-state index contributed by atoms with van der Waals surface area (Å²) < 4.78 is 10.2. The largest absolute Gasteiger partial charge is 0.444 e. The molecule has 0 radical (unpaired) electrons. The van der Waals surface area contributed by atoms with Crippen LogP contribution in [0.3, 0.4) is 0 Å². The van der Waals surface area contributed by atoms with E-state index in [9.17, 15) is 19.2 Å². The number of para-hydroxylation sites is 1. The third-order valence-electron chi connectivity index (χ3n) is 5.32. The average molecular weight is 497 g/mol. The van der Waals surface area contributed by atoms with Gasteiger partial charge in [0.05, 0.1) is 0 Å². The minimum atomic E-state index is -1.03. The first-order valence-electron chi connectivity index (χ1n) is 11.8. The summed E-state index contributed by atoms with van der Waals surface area (Å²) in [5, 5.41) is 2.52. The molecule has 0 spiro atoms. The number of carbonyl (C=O) groups is 4. The molecule has 36 heavy (non-hydrogen) atoms. The summed E-state index contributed by atoms with van der Waals surface area (Å²) in [6.07, 6.45) is 0.0919. The number of rotatable bonds is 6. The molecule has 0 fully saturated rings. The zero-order chi connectivity index (χ0) is 26.1. The Morgan fingerprint density at radius 2 is 1.64 bits per heavy atom. The van der Waals surface area contributed by atoms with Gasteiger partial charge in [-0.1, -0.05) is 48.5 Å². The smallest absolute Gasteiger partial charge is 0.426 e. The number of hydrogen-bond donors (Lipinski definition) is 3.